The first kappa shape index (κ1) is 29.3. The van der Waals surface area contributed by atoms with Gasteiger partial charge >= 0.3 is 6.03 Å². The summed E-state index contributed by atoms with van der Waals surface area (Å²) in [6.07, 6.45) is 8.54. The van der Waals surface area contributed by atoms with Crippen molar-refractivity contribution in [3.8, 4) is 22.9 Å². The Morgan fingerprint density at radius 3 is 2.91 bits per heavy atom. The molecule has 0 spiro atoms. The van der Waals surface area contributed by atoms with Gasteiger partial charge < -0.3 is 26.8 Å². The number of aliphatic imine (C=N–C) groups is 1. The van der Waals surface area contributed by atoms with E-state index in [1.165, 1.54) is 0 Å². The van der Waals surface area contributed by atoms with Gasteiger partial charge in [0.15, 0.2) is 0 Å². The highest BCUT2D eigenvalue weighted by Gasteiger charge is 2.19. The van der Waals surface area contributed by atoms with E-state index in [0.29, 0.717) is 35.4 Å². The minimum Gasteiger partial charge on any atom is -0.508 e. The first-order chi connectivity index (χ1) is 20.9. The molecule has 1 fully saturated rings. The zero-order chi connectivity index (χ0) is 30.3. The SMILES string of the molecule is CCc1cc(O)ccc1N=C(N)c1cnn2cc(-c3cnc(NC(=O)NCCC#N)cc3C)cc2c1NC[C@H]1CCCN1. The van der Waals surface area contributed by atoms with Crippen LogP contribution >= 0.6 is 0 Å². The van der Waals surface area contributed by atoms with Gasteiger partial charge in [0.25, 0.3) is 0 Å². The second kappa shape index (κ2) is 13.2. The number of carbonyl (C=O) groups excluding carboxylic acids is 1. The third-order valence-electron chi connectivity index (χ3n) is 7.47. The molecule has 0 bridgehead atoms. The van der Waals surface area contributed by atoms with Crippen molar-refractivity contribution in [2.24, 2.45) is 10.7 Å². The highest BCUT2D eigenvalue weighted by atomic mass is 16.3. The number of hydrogen-bond acceptors (Lipinski definition) is 8. The molecule has 0 radical (unpaired) electrons. The number of rotatable bonds is 10. The lowest BCUT2D eigenvalue weighted by atomic mass is 10.1. The van der Waals surface area contributed by atoms with Gasteiger partial charge in [0.2, 0.25) is 0 Å². The lowest BCUT2D eigenvalue weighted by Crippen LogP contribution is -2.30. The number of fused-ring (bicyclic) bond motifs is 1. The lowest BCUT2D eigenvalue weighted by molar-refractivity contribution is 0.252. The summed E-state index contributed by atoms with van der Waals surface area (Å²) in [4.78, 5) is 21.3. The van der Waals surface area contributed by atoms with Gasteiger partial charge in [-0.3, -0.25) is 5.32 Å². The van der Waals surface area contributed by atoms with E-state index in [1.807, 2.05) is 36.7 Å². The first-order valence-electron chi connectivity index (χ1n) is 14.4. The molecule has 5 rings (SSSR count). The molecule has 0 saturated carbocycles. The van der Waals surface area contributed by atoms with Crippen LogP contribution in [-0.4, -0.2) is 57.2 Å². The van der Waals surface area contributed by atoms with Crippen LogP contribution in [0.25, 0.3) is 16.6 Å². The highest BCUT2D eigenvalue weighted by molar-refractivity contribution is 6.06. The molecule has 4 heterocycles. The van der Waals surface area contributed by atoms with Crippen molar-refractivity contribution in [1.82, 2.24) is 25.2 Å². The molecule has 2 amide bonds. The molecule has 1 aliphatic rings. The lowest BCUT2D eigenvalue weighted by Gasteiger charge is -2.17. The van der Waals surface area contributed by atoms with E-state index in [2.05, 4.69) is 31.3 Å². The number of nitrogens with zero attached hydrogens (tertiary/aromatic N) is 5. The number of carbonyl (C=O) groups is 1. The Kier molecular flexibility index (Phi) is 9.02. The van der Waals surface area contributed by atoms with Crippen LogP contribution in [0.1, 0.15) is 42.9 Å². The molecule has 1 aromatic carbocycles. The van der Waals surface area contributed by atoms with Crippen LogP contribution in [-0.2, 0) is 6.42 Å². The second-order valence-corrected chi connectivity index (χ2v) is 10.5. The van der Waals surface area contributed by atoms with Gasteiger partial charge in [-0.25, -0.2) is 19.3 Å². The number of hydrogen-bond donors (Lipinski definition) is 6. The number of benzene rings is 1. The number of nitrogens with one attached hydrogen (secondary N) is 4. The molecule has 12 heteroatoms. The van der Waals surface area contributed by atoms with E-state index < -0.39 is 6.03 Å². The Labute approximate surface area is 250 Å². The average Bonchev–Trinajstić information content (AvgIpc) is 3.67. The Balaban J connectivity index is 1.49. The molecular formula is C31H36N10O2. The Morgan fingerprint density at radius 1 is 1.30 bits per heavy atom. The fraction of sp³-hybridized carbons (Fsp3) is 0.323. The number of nitrogens with two attached hydrogens (primary N) is 1. The fourth-order valence-corrected chi connectivity index (χ4v) is 5.21. The van der Waals surface area contributed by atoms with Crippen LogP contribution in [0.15, 0.2) is 53.9 Å². The highest BCUT2D eigenvalue weighted by Crippen LogP contribution is 2.32. The van der Waals surface area contributed by atoms with Gasteiger partial charge in [-0.05, 0) is 74.2 Å². The molecule has 7 N–H and O–H groups in total. The predicted molar refractivity (Wildman–Crippen MR) is 168 cm³/mol. The van der Waals surface area contributed by atoms with Crippen molar-refractivity contribution in [1.29, 1.82) is 5.26 Å². The minimum atomic E-state index is -0.411. The number of aryl methyl sites for hydroxylation is 2. The fourth-order valence-electron chi connectivity index (χ4n) is 5.21. The average molecular weight is 581 g/mol. The summed E-state index contributed by atoms with van der Waals surface area (Å²) < 4.78 is 1.81. The number of nitriles is 1. The maximum atomic E-state index is 12.1. The quantitative estimate of drug-likeness (QED) is 0.0917. The standard InChI is InChI=1S/C31H36N10O2/c1-3-20-13-23(42)7-8-26(20)39-30(33)25-17-38-41-18-21(14-27(41)29(25)37-15-22-6-4-10-34-22)24-16-36-28(12-19(24)2)40-31(43)35-11-5-9-32/h7-8,12-14,16-18,22,34,37,42H,3-6,10-11,15H2,1-2H3,(H2,33,39)(H2,35,36,40,43)/t22-/m1/s1. The topological polar surface area (TPSA) is 178 Å². The van der Waals surface area contributed by atoms with E-state index >= 15 is 0 Å². The molecule has 3 aromatic heterocycles. The van der Waals surface area contributed by atoms with Gasteiger partial charge in [0.05, 0.1) is 41.1 Å². The molecule has 43 heavy (non-hydrogen) atoms. The van der Waals surface area contributed by atoms with Gasteiger partial charge in [0, 0.05) is 42.7 Å². The second-order valence-electron chi connectivity index (χ2n) is 10.5. The van der Waals surface area contributed by atoms with E-state index in [1.54, 1.807) is 36.7 Å². The Morgan fingerprint density at radius 2 is 2.16 bits per heavy atom. The number of aromatic nitrogens is 3. The zero-order valence-electron chi connectivity index (χ0n) is 24.3. The van der Waals surface area contributed by atoms with E-state index in [0.717, 1.165) is 59.4 Å². The number of phenolic OH excluding ortho intramolecular Hbond substituents is 1. The van der Waals surface area contributed by atoms with Crippen molar-refractivity contribution in [2.75, 3.05) is 30.3 Å². The number of amides is 2. The van der Waals surface area contributed by atoms with Gasteiger partial charge in [-0.1, -0.05) is 6.92 Å². The van der Waals surface area contributed by atoms with Crippen LogP contribution in [0.2, 0.25) is 0 Å². The van der Waals surface area contributed by atoms with Crippen LogP contribution < -0.4 is 27.0 Å². The van der Waals surface area contributed by atoms with Crippen molar-refractivity contribution in [2.45, 2.75) is 45.6 Å². The third kappa shape index (κ3) is 6.85. The number of aromatic hydroxyl groups is 1. The van der Waals surface area contributed by atoms with Crippen LogP contribution in [0.5, 0.6) is 5.75 Å². The van der Waals surface area contributed by atoms with Gasteiger partial charge in [-0.2, -0.15) is 10.4 Å². The molecule has 222 valence electrons. The molecule has 12 nitrogen and oxygen atoms in total. The molecule has 0 unspecified atom stereocenters. The third-order valence-corrected chi connectivity index (χ3v) is 7.47. The molecular weight excluding hydrogens is 544 g/mol. The van der Waals surface area contributed by atoms with E-state index in [4.69, 9.17) is 16.0 Å². The van der Waals surface area contributed by atoms with Crippen molar-refractivity contribution in [3.63, 3.8) is 0 Å². The van der Waals surface area contributed by atoms with E-state index in [9.17, 15) is 9.90 Å². The predicted octanol–water partition coefficient (Wildman–Crippen LogP) is 4.21. The summed E-state index contributed by atoms with van der Waals surface area (Å²) in [5, 5.41) is 35.7. The van der Waals surface area contributed by atoms with Crippen LogP contribution in [0, 0.1) is 18.3 Å². The Hall–Kier alpha value is -5.15. The summed E-state index contributed by atoms with van der Waals surface area (Å²) >= 11 is 0. The van der Waals surface area contributed by atoms with Crippen LogP contribution in [0.4, 0.5) is 22.0 Å². The Bertz CT molecular complexity index is 1700. The zero-order valence-corrected chi connectivity index (χ0v) is 24.3. The number of amidine groups is 1. The van der Waals surface area contributed by atoms with Gasteiger partial charge in [0.1, 0.15) is 17.4 Å². The minimum absolute atomic E-state index is 0.192. The van der Waals surface area contributed by atoms with Crippen molar-refractivity contribution >= 4 is 34.6 Å². The van der Waals surface area contributed by atoms with Crippen molar-refractivity contribution < 1.29 is 9.90 Å². The monoisotopic (exact) mass is 580 g/mol. The largest absolute Gasteiger partial charge is 0.508 e. The summed E-state index contributed by atoms with van der Waals surface area (Å²) in [6, 6.07) is 10.8. The number of anilines is 2. The molecule has 4 aromatic rings. The summed E-state index contributed by atoms with van der Waals surface area (Å²) in [7, 11) is 0. The maximum absolute atomic E-state index is 12.1. The number of phenols is 1. The summed E-state index contributed by atoms with van der Waals surface area (Å²) in [5.74, 6) is 0.925. The first-order valence-corrected chi connectivity index (χ1v) is 14.4. The maximum Gasteiger partial charge on any atom is 0.320 e. The van der Waals surface area contributed by atoms with Crippen LogP contribution in [0.3, 0.4) is 0 Å². The molecule has 0 aliphatic carbocycles. The molecule has 1 aliphatic heterocycles. The van der Waals surface area contributed by atoms with Gasteiger partial charge in [-0.15, -0.1) is 0 Å². The summed E-state index contributed by atoms with van der Waals surface area (Å²) in [6.45, 7) is 5.95. The normalized spacial score (nSPS) is 14.9. The number of pyridine rings is 1. The smallest absolute Gasteiger partial charge is 0.320 e. The van der Waals surface area contributed by atoms with Crippen molar-refractivity contribution in [3.05, 3.63) is 65.6 Å². The number of urea groups is 1. The summed E-state index contributed by atoms with van der Waals surface area (Å²) in [5.41, 5.74) is 13.3. The molecule has 1 atom stereocenters. The van der Waals surface area contributed by atoms with E-state index in [-0.39, 0.29) is 18.7 Å². The molecule has 1 saturated heterocycles.